The Balaban J connectivity index is 1.95. The van der Waals surface area contributed by atoms with Crippen LogP contribution < -0.4 is 0 Å². The van der Waals surface area contributed by atoms with Crippen LogP contribution in [-0.2, 0) is 49.5 Å². The van der Waals surface area contributed by atoms with E-state index < -0.39 is 11.2 Å². The lowest BCUT2D eigenvalue weighted by molar-refractivity contribution is -0.149. The van der Waals surface area contributed by atoms with Crippen molar-refractivity contribution in [2.24, 2.45) is 0 Å². The predicted octanol–water partition coefficient (Wildman–Crippen LogP) is 8.50. The third-order valence-electron chi connectivity index (χ3n) is 11.6. The summed E-state index contributed by atoms with van der Waals surface area (Å²) in [6.45, 7) is 14.0. The third kappa shape index (κ3) is 7.58. The van der Waals surface area contributed by atoms with Crippen LogP contribution in [0.25, 0.3) is 33.2 Å². The zero-order chi connectivity index (χ0) is 38.7. The van der Waals surface area contributed by atoms with Crippen LogP contribution in [0.4, 0.5) is 0 Å². The molecule has 0 saturated carbocycles. The Labute approximate surface area is 313 Å². The van der Waals surface area contributed by atoms with Crippen LogP contribution in [0.15, 0.2) is 18.2 Å². The number of methoxy groups -OCH3 is 2. The molecule has 0 aromatic carbocycles. The highest BCUT2D eigenvalue weighted by atomic mass is 16.5. The summed E-state index contributed by atoms with van der Waals surface area (Å²) in [7, 11) is 2.78. The van der Waals surface area contributed by atoms with Crippen LogP contribution in [0.5, 0.6) is 0 Å². The first kappa shape index (κ1) is 39.9. The van der Waals surface area contributed by atoms with Gasteiger partial charge in [-0.05, 0) is 118 Å². The molecule has 53 heavy (non-hydrogen) atoms. The summed E-state index contributed by atoms with van der Waals surface area (Å²) >= 11 is 0. The van der Waals surface area contributed by atoms with E-state index in [0.29, 0.717) is 30.7 Å². The first-order valence-electron chi connectivity index (χ1n) is 19.3. The smallest absolute Gasteiger partial charge is 0.305 e. The van der Waals surface area contributed by atoms with E-state index >= 15 is 0 Å². The van der Waals surface area contributed by atoms with Crippen molar-refractivity contribution in [3.63, 3.8) is 0 Å². The molecule has 8 bridgehead atoms. The number of carbonyl (C=O) groups is 2. The van der Waals surface area contributed by atoms with Crippen LogP contribution in [0.1, 0.15) is 143 Å². The summed E-state index contributed by atoms with van der Waals surface area (Å²) in [5.41, 5.74) is 9.15. The molecule has 2 aliphatic heterocycles. The molecule has 0 radical (unpaired) electrons. The minimum absolute atomic E-state index is 0.181. The summed E-state index contributed by atoms with van der Waals surface area (Å²) in [6, 6.07) is 5.95. The lowest BCUT2D eigenvalue weighted by atomic mass is 9.78. The fraction of sp³-hybridized carbons (Fsp3) is 0.535. The lowest BCUT2D eigenvalue weighted by Gasteiger charge is -2.35. The van der Waals surface area contributed by atoms with Crippen molar-refractivity contribution < 1.29 is 29.3 Å². The van der Waals surface area contributed by atoms with Crippen LogP contribution >= 0.6 is 0 Å². The average Bonchev–Trinajstić information content (AvgIpc) is 3.78. The quantitative estimate of drug-likeness (QED) is 0.0954. The number of hydrogen-bond donors (Lipinski definition) is 4. The zero-order valence-electron chi connectivity index (χ0n) is 33.1. The summed E-state index contributed by atoms with van der Waals surface area (Å²) in [4.78, 5) is 42.4. The van der Waals surface area contributed by atoms with Crippen LogP contribution in [0.2, 0.25) is 0 Å². The molecule has 10 nitrogen and oxygen atoms in total. The Bertz CT molecular complexity index is 2070. The number of aliphatic hydroxyl groups is 2. The normalized spacial score (nSPS) is 18.5. The Morgan fingerprint density at radius 3 is 1.83 bits per heavy atom. The van der Waals surface area contributed by atoms with E-state index in [-0.39, 0.29) is 31.2 Å². The van der Waals surface area contributed by atoms with E-state index in [9.17, 15) is 19.8 Å². The number of aromatic amines is 2. The van der Waals surface area contributed by atoms with Crippen LogP contribution in [0, 0.1) is 13.8 Å². The molecule has 4 N–H and O–H groups in total. The van der Waals surface area contributed by atoms with Gasteiger partial charge in [0, 0.05) is 40.5 Å². The van der Waals surface area contributed by atoms with Crippen molar-refractivity contribution in [1.29, 1.82) is 0 Å². The molecule has 5 rings (SSSR count). The Kier molecular flexibility index (Phi) is 12.3. The molecule has 2 atom stereocenters. The number of aryl methyl sites for hydroxylation is 4. The molecule has 0 fully saturated rings. The number of esters is 2. The largest absolute Gasteiger partial charge is 0.469 e. The highest BCUT2D eigenvalue weighted by Crippen LogP contribution is 2.48. The van der Waals surface area contributed by atoms with Gasteiger partial charge in [-0.25, -0.2) is 4.98 Å². The SMILES string of the molecule is CCCCCCCc1c2nc(cc3[nH]c(cc4[nH]c(cc5nc1C(C)(O)C5(O)CC)c(C)c4CCC(=O)OC)c(CCC(=O)OC)c3C)C(CC)=C2C. The van der Waals surface area contributed by atoms with Gasteiger partial charge in [0.05, 0.1) is 37.0 Å². The van der Waals surface area contributed by atoms with E-state index in [1.807, 2.05) is 26.0 Å². The molecule has 5 heterocycles. The molecule has 0 amide bonds. The molecule has 3 aromatic rings. The molecule has 0 saturated heterocycles. The van der Waals surface area contributed by atoms with Crippen molar-refractivity contribution in [3.05, 3.63) is 68.8 Å². The topological polar surface area (TPSA) is 150 Å². The number of fused-ring (bicyclic) bond motifs is 8. The van der Waals surface area contributed by atoms with Gasteiger partial charge in [0.15, 0.2) is 0 Å². The third-order valence-corrected chi connectivity index (χ3v) is 11.6. The van der Waals surface area contributed by atoms with Crippen molar-refractivity contribution >= 4 is 45.2 Å². The first-order valence-corrected chi connectivity index (χ1v) is 19.3. The number of unbranched alkanes of at least 4 members (excludes halogenated alkanes) is 4. The summed E-state index contributed by atoms with van der Waals surface area (Å²) in [5.74, 6) is -0.604. The Morgan fingerprint density at radius 1 is 0.736 bits per heavy atom. The van der Waals surface area contributed by atoms with E-state index in [1.165, 1.54) is 20.6 Å². The fourth-order valence-electron chi connectivity index (χ4n) is 8.14. The van der Waals surface area contributed by atoms with Gasteiger partial charge >= 0.3 is 11.9 Å². The molecular formula is C43H58N4O6. The Morgan fingerprint density at radius 2 is 1.30 bits per heavy atom. The van der Waals surface area contributed by atoms with E-state index in [0.717, 1.165) is 105 Å². The van der Waals surface area contributed by atoms with E-state index in [2.05, 4.69) is 43.7 Å². The van der Waals surface area contributed by atoms with Crippen molar-refractivity contribution in [2.75, 3.05) is 14.2 Å². The fourth-order valence-corrected chi connectivity index (χ4v) is 8.14. The maximum atomic E-state index is 12.4. The molecule has 0 aliphatic carbocycles. The zero-order valence-corrected chi connectivity index (χ0v) is 33.1. The van der Waals surface area contributed by atoms with Gasteiger partial charge in [-0.2, -0.15) is 0 Å². The number of allylic oxidation sites excluding steroid dienone is 2. The molecule has 286 valence electrons. The van der Waals surface area contributed by atoms with Gasteiger partial charge in [0.2, 0.25) is 0 Å². The Hall–Kier alpha value is -4.28. The van der Waals surface area contributed by atoms with E-state index in [1.54, 1.807) is 6.92 Å². The highest BCUT2D eigenvalue weighted by molar-refractivity contribution is 5.93. The second-order valence-electron chi connectivity index (χ2n) is 14.8. The molecule has 10 heteroatoms. The minimum Gasteiger partial charge on any atom is -0.469 e. The average molecular weight is 727 g/mol. The summed E-state index contributed by atoms with van der Waals surface area (Å²) in [6.07, 6.45) is 8.31. The monoisotopic (exact) mass is 726 g/mol. The number of H-pyrrole nitrogens is 2. The van der Waals surface area contributed by atoms with Crippen molar-refractivity contribution in [1.82, 2.24) is 19.9 Å². The number of ether oxygens (including phenoxy) is 2. The maximum absolute atomic E-state index is 12.4. The molecule has 3 aromatic heterocycles. The second-order valence-corrected chi connectivity index (χ2v) is 14.8. The second kappa shape index (κ2) is 16.4. The number of nitrogens with zero attached hydrogens (tertiary/aromatic N) is 2. The van der Waals surface area contributed by atoms with Crippen LogP contribution in [0.3, 0.4) is 0 Å². The molecular weight excluding hydrogens is 668 g/mol. The first-order chi connectivity index (χ1) is 25.3. The minimum atomic E-state index is -1.69. The highest BCUT2D eigenvalue weighted by Gasteiger charge is 2.54. The standard InChI is InChI=1S/C43H58N4O6/c1-10-13-14-15-16-17-31-40-27(6)28(11-2)34(46-40)22-32-25(4)29(18-20-38(48)52-8)35(44-32)23-36-30(19-21-39(49)53-9)26(5)33(45-36)24-37-43(51,12-3)42(7,50)41(31)47-37/h22-24,44-45,50-51H,10-21H2,1-9H3. The summed E-state index contributed by atoms with van der Waals surface area (Å²) < 4.78 is 10.00. The predicted molar refractivity (Wildman–Crippen MR) is 210 cm³/mol. The number of rotatable bonds is 14. The van der Waals surface area contributed by atoms with Gasteiger partial charge in [-0.1, -0.05) is 46.5 Å². The molecule has 2 aliphatic rings. The molecule has 0 spiro atoms. The number of hydrogen-bond acceptors (Lipinski definition) is 8. The van der Waals surface area contributed by atoms with Gasteiger partial charge in [0.1, 0.15) is 11.2 Å². The van der Waals surface area contributed by atoms with Crippen molar-refractivity contribution in [3.8, 4) is 0 Å². The van der Waals surface area contributed by atoms with Gasteiger partial charge < -0.3 is 29.7 Å². The molecule has 2 unspecified atom stereocenters. The van der Waals surface area contributed by atoms with Gasteiger partial charge in [-0.3, -0.25) is 14.6 Å². The number of nitrogens with one attached hydrogen (secondary N) is 2. The number of carbonyl (C=O) groups excluding carboxylic acids is 2. The van der Waals surface area contributed by atoms with Gasteiger partial charge in [-0.15, -0.1) is 0 Å². The van der Waals surface area contributed by atoms with Crippen LogP contribution in [-0.4, -0.2) is 56.3 Å². The van der Waals surface area contributed by atoms with Crippen molar-refractivity contribution in [2.45, 2.75) is 137 Å². The number of aromatic nitrogens is 4. The van der Waals surface area contributed by atoms with E-state index in [4.69, 9.17) is 19.4 Å². The maximum Gasteiger partial charge on any atom is 0.305 e. The summed E-state index contributed by atoms with van der Waals surface area (Å²) in [5, 5.41) is 24.9. The lowest BCUT2D eigenvalue weighted by Crippen LogP contribution is -2.43. The van der Waals surface area contributed by atoms with Gasteiger partial charge in [0.25, 0.3) is 0 Å².